The average molecular weight is 333 g/mol. The van der Waals surface area contributed by atoms with Gasteiger partial charge in [0, 0.05) is 30.5 Å². The van der Waals surface area contributed by atoms with Gasteiger partial charge in [0.05, 0.1) is 6.61 Å². The van der Waals surface area contributed by atoms with Crippen molar-refractivity contribution in [3.05, 3.63) is 83.6 Å². The number of ether oxygens (including phenoxy) is 1. The average Bonchev–Trinajstić information content (AvgIpc) is 2.82. The van der Waals surface area contributed by atoms with Crippen molar-refractivity contribution in [2.75, 3.05) is 25.2 Å². The summed E-state index contributed by atoms with van der Waals surface area (Å²) in [5, 5.41) is 0. The van der Waals surface area contributed by atoms with E-state index in [1.807, 2.05) is 6.92 Å². The first-order valence-electron chi connectivity index (χ1n) is 8.94. The Bertz CT molecular complexity index is 787. The highest BCUT2D eigenvalue weighted by atomic mass is 16.5. The fourth-order valence-electron chi connectivity index (χ4n) is 3.56. The standard InChI is InChI=1S/C23H27NO/c1-5-25-16-15-19(18-11-7-6-8-12-18)17-22-23(2,3)20-13-9-10-14-21(20)24(22)4/h6-15,17H,5,16H2,1-4H3/b19-15+,22-17-. The van der Waals surface area contributed by atoms with Gasteiger partial charge in [0.2, 0.25) is 0 Å². The van der Waals surface area contributed by atoms with Gasteiger partial charge < -0.3 is 9.64 Å². The molecule has 0 saturated carbocycles. The Hall–Kier alpha value is -2.32. The summed E-state index contributed by atoms with van der Waals surface area (Å²) in [6.45, 7) is 7.98. The summed E-state index contributed by atoms with van der Waals surface area (Å²) >= 11 is 0. The van der Waals surface area contributed by atoms with Crippen LogP contribution in [0.2, 0.25) is 0 Å². The van der Waals surface area contributed by atoms with Gasteiger partial charge in [-0.1, -0.05) is 68.5 Å². The first kappa shape index (κ1) is 17.5. The Balaban J connectivity index is 2.05. The van der Waals surface area contributed by atoms with Crippen molar-refractivity contribution in [1.82, 2.24) is 0 Å². The third-order valence-electron chi connectivity index (χ3n) is 4.97. The maximum atomic E-state index is 5.57. The Morgan fingerprint density at radius 2 is 1.72 bits per heavy atom. The summed E-state index contributed by atoms with van der Waals surface area (Å²) in [4.78, 5) is 2.31. The molecule has 25 heavy (non-hydrogen) atoms. The molecule has 2 aromatic rings. The van der Waals surface area contributed by atoms with Gasteiger partial charge in [-0.2, -0.15) is 0 Å². The van der Waals surface area contributed by atoms with Gasteiger partial charge in [-0.3, -0.25) is 0 Å². The minimum atomic E-state index is -0.0230. The van der Waals surface area contributed by atoms with Gasteiger partial charge in [0.15, 0.2) is 0 Å². The molecule has 0 N–H and O–H groups in total. The van der Waals surface area contributed by atoms with E-state index in [2.05, 4.69) is 92.5 Å². The maximum Gasteiger partial charge on any atom is 0.0656 e. The maximum absolute atomic E-state index is 5.57. The number of anilines is 1. The van der Waals surface area contributed by atoms with Crippen molar-refractivity contribution in [2.24, 2.45) is 0 Å². The number of fused-ring (bicyclic) bond motifs is 1. The lowest BCUT2D eigenvalue weighted by molar-refractivity contribution is 0.178. The molecule has 1 heterocycles. The van der Waals surface area contributed by atoms with Crippen molar-refractivity contribution < 1.29 is 4.74 Å². The number of benzene rings is 2. The zero-order chi connectivity index (χ0) is 17.9. The Labute approximate surface area is 151 Å². The number of hydrogen-bond acceptors (Lipinski definition) is 2. The second-order valence-corrected chi connectivity index (χ2v) is 6.92. The molecule has 3 rings (SSSR count). The highest BCUT2D eigenvalue weighted by molar-refractivity contribution is 5.79. The summed E-state index contributed by atoms with van der Waals surface area (Å²) in [7, 11) is 2.16. The molecular weight excluding hydrogens is 306 g/mol. The lowest BCUT2D eigenvalue weighted by atomic mass is 9.83. The van der Waals surface area contributed by atoms with Gasteiger partial charge in [-0.25, -0.2) is 0 Å². The number of likely N-dealkylation sites (N-methyl/N-ethyl adjacent to an activating group) is 1. The second-order valence-electron chi connectivity index (χ2n) is 6.92. The normalized spacial score (nSPS) is 17.8. The molecule has 2 aromatic carbocycles. The van der Waals surface area contributed by atoms with Gasteiger partial charge in [-0.15, -0.1) is 0 Å². The first-order chi connectivity index (χ1) is 12.1. The Morgan fingerprint density at radius 3 is 2.40 bits per heavy atom. The van der Waals surface area contributed by atoms with E-state index >= 15 is 0 Å². The van der Waals surface area contributed by atoms with E-state index < -0.39 is 0 Å². The number of nitrogens with zero attached hydrogens (tertiary/aromatic N) is 1. The molecule has 0 atom stereocenters. The monoisotopic (exact) mass is 333 g/mol. The van der Waals surface area contributed by atoms with Gasteiger partial charge in [0.25, 0.3) is 0 Å². The first-order valence-corrected chi connectivity index (χ1v) is 8.94. The zero-order valence-electron chi connectivity index (χ0n) is 15.6. The van der Waals surface area contributed by atoms with Gasteiger partial charge >= 0.3 is 0 Å². The van der Waals surface area contributed by atoms with E-state index in [0.717, 1.165) is 6.61 Å². The van der Waals surface area contributed by atoms with Gasteiger partial charge in [0.1, 0.15) is 0 Å². The smallest absolute Gasteiger partial charge is 0.0656 e. The summed E-state index contributed by atoms with van der Waals surface area (Å²) in [6, 6.07) is 19.2. The van der Waals surface area contributed by atoms with E-state index in [4.69, 9.17) is 4.74 Å². The minimum absolute atomic E-state index is 0.0230. The zero-order valence-corrected chi connectivity index (χ0v) is 15.6. The third kappa shape index (κ3) is 3.40. The van der Waals surface area contributed by atoms with Crippen LogP contribution in [0.25, 0.3) is 5.57 Å². The van der Waals surface area contributed by atoms with Crippen molar-refractivity contribution in [2.45, 2.75) is 26.2 Å². The molecule has 1 aliphatic rings. The van der Waals surface area contributed by atoms with E-state index in [1.165, 1.54) is 28.1 Å². The SMILES string of the molecule is CCOC/C=C(\C=C1/N(C)c2ccccc2C1(C)C)c1ccccc1. The van der Waals surface area contributed by atoms with E-state index in [-0.39, 0.29) is 5.41 Å². The van der Waals surface area contributed by atoms with E-state index in [1.54, 1.807) is 0 Å². The van der Waals surface area contributed by atoms with Crippen molar-refractivity contribution >= 4 is 11.3 Å². The molecule has 0 spiro atoms. The van der Waals surface area contributed by atoms with Crippen LogP contribution in [-0.2, 0) is 10.2 Å². The van der Waals surface area contributed by atoms with Crippen LogP contribution in [0.5, 0.6) is 0 Å². The lowest BCUT2D eigenvalue weighted by Crippen LogP contribution is -2.23. The molecule has 1 aliphatic heterocycles. The fraction of sp³-hybridized carbons (Fsp3) is 0.304. The molecule has 0 fully saturated rings. The highest BCUT2D eigenvalue weighted by Crippen LogP contribution is 2.47. The van der Waals surface area contributed by atoms with Crippen LogP contribution in [0.3, 0.4) is 0 Å². The molecule has 0 aromatic heterocycles. The predicted molar refractivity (Wildman–Crippen MR) is 107 cm³/mol. The molecule has 2 heteroatoms. The van der Waals surface area contributed by atoms with Crippen molar-refractivity contribution in [3.63, 3.8) is 0 Å². The van der Waals surface area contributed by atoms with Crippen LogP contribution < -0.4 is 4.90 Å². The molecule has 0 unspecified atom stereocenters. The number of para-hydroxylation sites is 1. The topological polar surface area (TPSA) is 12.5 Å². The predicted octanol–water partition coefficient (Wildman–Crippen LogP) is 5.42. The summed E-state index contributed by atoms with van der Waals surface area (Å²) in [5.74, 6) is 0. The van der Waals surface area contributed by atoms with Gasteiger partial charge in [-0.05, 0) is 35.8 Å². The quantitative estimate of drug-likeness (QED) is 0.678. The summed E-state index contributed by atoms with van der Waals surface area (Å²) < 4.78 is 5.57. The number of allylic oxidation sites excluding steroid dienone is 3. The van der Waals surface area contributed by atoms with Crippen LogP contribution in [0.1, 0.15) is 31.9 Å². The molecular formula is C23H27NO. The molecule has 0 bridgehead atoms. The molecule has 0 radical (unpaired) electrons. The highest BCUT2D eigenvalue weighted by Gasteiger charge is 2.38. The van der Waals surface area contributed by atoms with E-state index in [0.29, 0.717) is 6.61 Å². The summed E-state index contributed by atoms with van der Waals surface area (Å²) in [5.41, 5.74) is 6.37. The van der Waals surface area contributed by atoms with Crippen LogP contribution in [-0.4, -0.2) is 20.3 Å². The Morgan fingerprint density at radius 1 is 1.04 bits per heavy atom. The van der Waals surface area contributed by atoms with Crippen LogP contribution in [0, 0.1) is 0 Å². The molecule has 130 valence electrons. The minimum Gasteiger partial charge on any atom is -0.378 e. The molecule has 2 nitrogen and oxygen atoms in total. The fourth-order valence-corrected chi connectivity index (χ4v) is 3.56. The number of hydrogen-bond donors (Lipinski definition) is 0. The largest absolute Gasteiger partial charge is 0.378 e. The molecule has 0 aliphatic carbocycles. The van der Waals surface area contributed by atoms with Crippen LogP contribution >= 0.6 is 0 Å². The van der Waals surface area contributed by atoms with Crippen LogP contribution in [0.15, 0.2) is 72.4 Å². The number of rotatable bonds is 5. The second kappa shape index (κ2) is 7.28. The van der Waals surface area contributed by atoms with Crippen LogP contribution in [0.4, 0.5) is 5.69 Å². The summed E-state index contributed by atoms with van der Waals surface area (Å²) in [6.07, 6.45) is 4.49. The Kier molecular flexibility index (Phi) is 5.10. The van der Waals surface area contributed by atoms with Crippen molar-refractivity contribution in [1.29, 1.82) is 0 Å². The molecule has 0 amide bonds. The lowest BCUT2D eigenvalue weighted by Gasteiger charge is -2.25. The van der Waals surface area contributed by atoms with E-state index in [9.17, 15) is 0 Å². The molecule has 0 saturated heterocycles. The van der Waals surface area contributed by atoms with Crippen molar-refractivity contribution in [3.8, 4) is 0 Å². The third-order valence-corrected chi connectivity index (χ3v) is 4.97.